The van der Waals surface area contributed by atoms with Crippen LogP contribution in [-0.2, 0) is 22.4 Å². The number of benzene rings is 1. The number of fused-ring (bicyclic) bond motifs is 1. The number of thiophene rings is 1. The molecule has 2 heterocycles. The van der Waals surface area contributed by atoms with Crippen molar-refractivity contribution in [3.63, 3.8) is 0 Å². The fourth-order valence-corrected chi connectivity index (χ4v) is 4.51. The Morgan fingerprint density at radius 2 is 2.08 bits per heavy atom. The summed E-state index contributed by atoms with van der Waals surface area (Å²) in [5, 5.41) is 5.35. The molecule has 1 fully saturated rings. The van der Waals surface area contributed by atoms with Crippen LogP contribution in [0.25, 0.3) is 0 Å². The number of carbonyl (C=O) groups excluding carboxylic acids is 1. The van der Waals surface area contributed by atoms with E-state index in [0.29, 0.717) is 13.2 Å². The molecule has 2 aliphatic rings. The molecule has 1 N–H and O–H groups in total. The van der Waals surface area contributed by atoms with Gasteiger partial charge < -0.3 is 10.1 Å². The molecule has 1 amide bonds. The van der Waals surface area contributed by atoms with Crippen LogP contribution in [0.2, 0.25) is 0 Å². The van der Waals surface area contributed by atoms with Gasteiger partial charge in [0.2, 0.25) is 5.91 Å². The van der Waals surface area contributed by atoms with Crippen molar-refractivity contribution in [1.82, 2.24) is 5.32 Å². The van der Waals surface area contributed by atoms with Crippen LogP contribution in [0.1, 0.15) is 46.9 Å². The van der Waals surface area contributed by atoms with E-state index in [9.17, 15) is 4.79 Å². The van der Waals surface area contributed by atoms with Gasteiger partial charge in [-0.1, -0.05) is 24.3 Å². The number of aryl methyl sites for hydroxylation is 2. The molecular formula is C20H23NO2S. The van der Waals surface area contributed by atoms with E-state index in [-0.39, 0.29) is 17.9 Å². The fourth-order valence-electron chi connectivity index (χ4n) is 3.71. The van der Waals surface area contributed by atoms with Crippen LogP contribution in [0.3, 0.4) is 0 Å². The monoisotopic (exact) mass is 341 g/mol. The molecule has 0 radical (unpaired) electrons. The van der Waals surface area contributed by atoms with Crippen molar-refractivity contribution in [2.45, 2.75) is 38.1 Å². The zero-order valence-corrected chi connectivity index (χ0v) is 14.6. The first kappa shape index (κ1) is 15.9. The third kappa shape index (κ3) is 3.26. The first-order valence-electron chi connectivity index (χ1n) is 8.84. The molecule has 3 nitrogen and oxygen atoms in total. The summed E-state index contributed by atoms with van der Waals surface area (Å²) in [6.45, 7) is 1.24. The average Bonchev–Trinajstić information content (AvgIpc) is 3.32. The van der Waals surface area contributed by atoms with Gasteiger partial charge in [0.25, 0.3) is 0 Å². The van der Waals surface area contributed by atoms with Crippen molar-refractivity contribution in [2.75, 3.05) is 13.2 Å². The predicted octanol–water partition coefficient (Wildman–Crippen LogP) is 3.87. The molecule has 0 bridgehead atoms. The Hall–Kier alpha value is -1.65. The highest BCUT2D eigenvalue weighted by molar-refractivity contribution is 7.10. The third-order valence-corrected chi connectivity index (χ3v) is 6.06. The molecule has 1 aliphatic heterocycles. The molecule has 1 aromatic heterocycles. The number of amides is 1. The number of hydrogen-bond donors (Lipinski definition) is 1. The molecule has 1 saturated heterocycles. The lowest BCUT2D eigenvalue weighted by Gasteiger charge is -2.23. The minimum atomic E-state index is -0.0506. The van der Waals surface area contributed by atoms with Crippen LogP contribution < -0.4 is 5.32 Å². The molecular weight excluding hydrogens is 318 g/mol. The maximum Gasteiger partial charge on any atom is 0.226 e. The second-order valence-corrected chi connectivity index (χ2v) is 7.73. The van der Waals surface area contributed by atoms with Crippen LogP contribution in [0.4, 0.5) is 0 Å². The van der Waals surface area contributed by atoms with E-state index in [1.54, 1.807) is 11.3 Å². The summed E-state index contributed by atoms with van der Waals surface area (Å²) in [4.78, 5) is 13.8. The SMILES string of the molecule is O=C(NC(c1ccc2c(c1)CCCC2)c1cccs1)C1CCOC1. The van der Waals surface area contributed by atoms with Crippen molar-refractivity contribution < 1.29 is 9.53 Å². The van der Waals surface area contributed by atoms with Gasteiger partial charge in [-0.3, -0.25) is 4.79 Å². The highest BCUT2D eigenvalue weighted by Gasteiger charge is 2.27. The van der Waals surface area contributed by atoms with Crippen LogP contribution >= 0.6 is 11.3 Å². The summed E-state index contributed by atoms with van der Waals surface area (Å²) in [7, 11) is 0. The third-order valence-electron chi connectivity index (χ3n) is 5.12. The molecule has 4 heteroatoms. The number of nitrogens with one attached hydrogen (secondary N) is 1. The molecule has 2 unspecified atom stereocenters. The molecule has 0 spiro atoms. The average molecular weight is 341 g/mol. The van der Waals surface area contributed by atoms with Gasteiger partial charge in [0, 0.05) is 11.5 Å². The quantitative estimate of drug-likeness (QED) is 0.917. The van der Waals surface area contributed by atoms with Gasteiger partial charge >= 0.3 is 0 Å². The second-order valence-electron chi connectivity index (χ2n) is 6.75. The van der Waals surface area contributed by atoms with Crippen LogP contribution in [0, 0.1) is 5.92 Å². The standard InChI is InChI=1S/C20H23NO2S/c22-20(17-9-10-23-13-17)21-19(18-6-3-11-24-18)16-8-7-14-4-1-2-5-15(14)12-16/h3,6-8,11-12,17,19H,1-2,4-5,9-10,13H2,(H,21,22). The van der Waals surface area contributed by atoms with Gasteiger partial charge in [-0.05, 0) is 60.2 Å². The first-order chi connectivity index (χ1) is 11.8. The molecule has 24 heavy (non-hydrogen) atoms. The predicted molar refractivity (Wildman–Crippen MR) is 96.3 cm³/mol. The molecule has 2 aromatic rings. The highest BCUT2D eigenvalue weighted by atomic mass is 32.1. The summed E-state index contributed by atoms with van der Waals surface area (Å²) < 4.78 is 5.37. The molecule has 0 saturated carbocycles. The minimum absolute atomic E-state index is 0.00918. The van der Waals surface area contributed by atoms with Gasteiger partial charge in [-0.2, -0.15) is 0 Å². The molecule has 126 valence electrons. The molecule has 4 rings (SSSR count). The lowest BCUT2D eigenvalue weighted by molar-refractivity contribution is -0.125. The smallest absolute Gasteiger partial charge is 0.226 e. The number of carbonyl (C=O) groups is 1. The Kier molecular flexibility index (Phi) is 4.67. The van der Waals surface area contributed by atoms with Crippen LogP contribution in [0.5, 0.6) is 0 Å². The number of hydrogen-bond acceptors (Lipinski definition) is 3. The maximum atomic E-state index is 12.6. The van der Waals surface area contributed by atoms with E-state index in [1.165, 1.54) is 40.8 Å². The Morgan fingerprint density at radius 3 is 2.83 bits per heavy atom. The zero-order valence-electron chi connectivity index (χ0n) is 13.8. The number of rotatable bonds is 4. The van der Waals surface area contributed by atoms with Crippen molar-refractivity contribution in [1.29, 1.82) is 0 Å². The first-order valence-corrected chi connectivity index (χ1v) is 9.72. The van der Waals surface area contributed by atoms with Crippen molar-refractivity contribution >= 4 is 17.2 Å². The highest BCUT2D eigenvalue weighted by Crippen LogP contribution is 2.30. The normalized spacial score (nSPS) is 21.2. The Labute approximate surface area is 147 Å². The van der Waals surface area contributed by atoms with E-state index in [0.717, 1.165) is 12.8 Å². The van der Waals surface area contributed by atoms with E-state index in [1.807, 2.05) is 0 Å². The maximum absolute atomic E-state index is 12.6. The van der Waals surface area contributed by atoms with Crippen LogP contribution in [-0.4, -0.2) is 19.1 Å². The van der Waals surface area contributed by atoms with E-state index >= 15 is 0 Å². The zero-order chi connectivity index (χ0) is 16.4. The molecule has 1 aliphatic carbocycles. The number of ether oxygens (including phenoxy) is 1. The van der Waals surface area contributed by atoms with Crippen molar-refractivity contribution in [2.24, 2.45) is 5.92 Å². The summed E-state index contributed by atoms with van der Waals surface area (Å²) in [5.74, 6) is 0.105. The summed E-state index contributed by atoms with van der Waals surface area (Å²) in [5.41, 5.74) is 4.13. The lowest BCUT2D eigenvalue weighted by Crippen LogP contribution is -2.34. The fraction of sp³-hybridized carbons (Fsp3) is 0.450. The Bertz CT molecular complexity index is 704. The second kappa shape index (κ2) is 7.08. The summed E-state index contributed by atoms with van der Waals surface area (Å²) in [6.07, 6.45) is 5.73. The van der Waals surface area contributed by atoms with E-state index < -0.39 is 0 Å². The van der Waals surface area contributed by atoms with Gasteiger partial charge in [0.05, 0.1) is 18.6 Å². The molecule has 1 aromatic carbocycles. The van der Waals surface area contributed by atoms with E-state index in [2.05, 4.69) is 41.0 Å². The molecule has 2 atom stereocenters. The van der Waals surface area contributed by atoms with Gasteiger partial charge in [0.1, 0.15) is 0 Å². The van der Waals surface area contributed by atoms with Crippen molar-refractivity contribution in [3.8, 4) is 0 Å². The Morgan fingerprint density at radius 1 is 1.21 bits per heavy atom. The van der Waals surface area contributed by atoms with Gasteiger partial charge in [0.15, 0.2) is 0 Å². The summed E-state index contributed by atoms with van der Waals surface area (Å²) >= 11 is 1.70. The van der Waals surface area contributed by atoms with Crippen LogP contribution in [0.15, 0.2) is 35.7 Å². The minimum Gasteiger partial charge on any atom is -0.381 e. The van der Waals surface area contributed by atoms with Crippen molar-refractivity contribution in [3.05, 3.63) is 57.3 Å². The lowest BCUT2D eigenvalue weighted by atomic mass is 9.89. The van der Waals surface area contributed by atoms with Gasteiger partial charge in [-0.15, -0.1) is 11.3 Å². The van der Waals surface area contributed by atoms with E-state index in [4.69, 9.17) is 4.74 Å². The largest absolute Gasteiger partial charge is 0.381 e. The topological polar surface area (TPSA) is 38.3 Å². The van der Waals surface area contributed by atoms with Gasteiger partial charge in [-0.25, -0.2) is 0 Å². The summed E-state index contributed by atoms with van der Waals surface area (Å²) in [6, 6.07) is 10.9. The Balaban J connectivity index is 1.62.